The van der Waals surface area contributed by atoms with Crippen LogP contribution < -0.4 is 10.6 Å². The van der Waals surface area contributed by atoms with Gasteiger partial charge in [0.25, 0.3) is 0 Å². The Hall–Kier alpha value is -0.810. The highest BCUT2D eigenvalue weighted by molar-refractivity contribution is 6.35. The number of carbonyl (C=O) groups is 1. The van der Waals surface area contributed by atoms with E-state index in [9.17, 15) is 4.79 Å². The second-order valence-electron chi connectivity index (χ2n) is 4.56. The van der Waals surface area contributed by atoms with Crippen LogP contribution >= 0.6 is 23.2 Å². The first kappa shape index (κ1) is 17.2. The summed E-state index contributed by atoms with van der Waals surface area (Å²) in [5.41, 5.74) is 0.910. The Balaban J connectivity index is 2.56. The first-order chi connectivity index (χ1) is 9.45. The molecular formula is C14H20Cl2N2O2. The van der Waals surface area contributed by atoms with Crippen molar-refractivity contribution < 1.29 is 9.53 Å². The van der Waals surface area contributed by atoms with Gasteiger partial charge in [-0.2, -0.15) is 0 Å². The van der Waals surface area contributed by atoms with Crippen LogP contribution in [0.1, 0.15) is 25.5 Å². The van der Waals surface area contributed by atoms with Crippen LogP contribution in [0.15, 0.2) is 18.2 Å². The van der Waals surface area contributed by atoms with Crippen molar-refractivity contribution in [2.24, 2.45) is 0 Å². The van der Waals surface area contributed by atoms with Crippen molar-refractivity contribution in [2.45, 2.75) is 25.9 Å². The van der Waals surface area contributed by atoms with E-state index in [1.54, 1.807) is 19.2 Å². The first-order valence-corrected chi connectivity index (χ1v) is 7.19. The fraction of sp³-hybridized carbons (Fsp3) is 0.500. The van der Waals surface area contributed by atoms with Crippen LogP contribution in [0, 0.1) is 0 Å². The molecule has 0 aromatic heterocycles. The van der Waals surface area contributed by atoms with E-state index in [2.05, 4.69) is 10.6 Å². The smallest absolute Gasteiger partial charge is 0.236 e. The van der Waals surface area contributed by atoms with Gasteiger partial charge in [0.1, 0.15) is 0 Å². The lowest BCUT2D eigenvalue weighted by Crippen LogP contribution is -2.44. The summed E-state index contributed by atoms with van der Waals surface area (Å²) in [6, 6.07) is 4.96. The highest BCUT2D eigenvalue weighted by atomic mass is 35.5. The molecular weight excluding hydrogens is 299 g/mol. The molecule has 1 aromatic carbocycles. The van der Waals surface area contributed by atoms with Crippen molar-refractivity contribution in [1.29, 1.82) is 0 Å². The van der Waals surface area contributed by atoms with E-state index in [1.807, 2.05) is 19.9 Å². The third-order valence-corrected chi connectivity index (χ3v) is 3.49. The number of hydrogen-bond acceptors (Lipinski definition) is 3. The molecule has 1 rings (SSSR count). The molecule has 0 aliphatic heterocycles. The number of rotatable bonds is 7. The Labute approximate surface area is 129 Å². The summed E-state index contributed by atoms with van der Waals surface area (Å²) < 4.78 is 4.88. The topological polar surface area (TPSA) is 50.4 Å². The summed E-state index contributed by atoms with van der Waals surface area (Å²) in [4.78, 5) is 11.8. The van der Waals surface area contributed by atoms with Gasteiger partial charge < -0.3 is 10.1 Å². The molecule has 0 saturated carbocycles. The number of halogens is 2. The van der Waals surface area contributed by atoms with Gasteiger partial charge in [-0.1, -0.05) is 29.3 Å². The second kappa shape index (κ2) is 8.47. The van der Waals surface area contributed by atoms with Gasteiger partial charge in [-0.15, -0.1) is 0 Å². The number of hydrogen-bond donors (Lipinski definition) is 2. The highest BCUT2D eigenvalue weighted by Gasteiger charge is 2.17. The summed E-state index contributed by atoms with van der Waals surface area (Å²) in [5.74, 6) is -0.0704. The maximum Gasteiger partial charge on any atom is 0.236 e. The van der Waals surface area contributed by atoms with Crippen LogP contribution in [0.25, 0.3) is 0 Å². The molecule has 0 heterocycles. The molecule has 2 unspecified atom stereocenters. The van der Waals surface area contributed by atoms with E-state index in [4.69, 9.17) is 27.9 Å². The van der Waals surface area contributed by atoms with E-state index in [-0.39, 0.29) is 18.0 Å². The Bertz CT molecular complexity index is 455. The van der Waals surface area contributed by atoms with E-state index in [0.29, 0.717) is 23.2 Å². The SMILES string of the molecule is COCCNC(=O)C(C)NC(C)c1ccc(Cl)cc1Cl. The minimum Gasteiger partial charge on any atom is -0.383 e. The largest absolute Gasteiger partial charge is 0.383 e. The monoisotopic (exact) mass is 318 g/mol. The van der Waals surface area contributed by atoms with E-state index in [0.717, 1.165) is 5.56 Å². The Morgan fingerprint density at radius 1 is 1.35 bits per heavy atom. The average Bonchev–Trinajstić information content (AvgIpc) is 2.38. The fourth-order valence-corrected chi connectivity index (χ4v) is 2.39. The average molecular weight is 319 g/mol. The summed E-state index contributed by atoms with van der Waals surface area (Å²) in [6.45, 7) is 4.75. The van der Waals surface area contributed by atoms with Crippen molar-refractivity contribution in [3.05, 3.63) is 33.8 Å². The van der Waals surface area contributed by atoms with Crippen molar-refractivity contribution in [2.75, 3.05) is 20.3 Å². The molecule has 2 atom stereocenters. The summed E-state index contributed by atoms with van der Waals surface area (Å²) in [6.07, 6.45) is 0. The maximum absolute atomic E-state index is 11.8. The van der Waals surface area contributed by atoms with Crippen LogP contribution in [0.3, 0.4) is 0 Å². The zero-order chi connectivity index (χ0) is 15.1. The molecule has 0 aliphatic carbocycles. The number of ether oxygens (including phenoxy) is 1. The molecule has 0 fully saturated rings. The van der Waals surface area contributed by atoms with E-state index >= 15 is 0 Å². The number of nitrogens with one attached hydrogen (secondary N) is 2. The number of methoxy groups -OCH3 is 1. The molecule has 2 N–H and O–H groups in total. The molecule has 0 spiro atoms. The van der Waals surface area contributed by atoms with Crippen LogP contribution in [-0.2, 0) is 9.53 Å². The van der Waals surface area contributed by atoms with Crippen LogP contribution in [0.5, 0.6) is 0 Å². The van der Waals surface area contributed by atoms with Crippen molar-refractivity contribution in [3.63, 3.8) is 0 Å². The van der Waals surface area contributed by atoms with Gasteiger partial charge in [-0.3, -0.25) is 10.1 Å². The summed E-state index contributed by atoms with van der Waals surface area (Å²) >= 11 is 12.0. The lowest BCUT2D eigenvalue weighted by atomic mass is 10.1. The van der Waals surface area contributed by atoms with E-state index < -0.39 is 0 Å². The molecule has 4 nitrogen and oxygen atoms in total. The second-order valence-corrected chi connectivity index (χ2v) is 5.40. The van der Waals surface area contributed by atoms with Gasteiger partial charge in [0.2, 0.25) is 5.91 Å². The van der Waals surface area contributed by atoms with Crippen molar-refractivity contribution >= 4 is 29.1 Å². The normalized spacial score (nSPS) is 13.8. The Morgan fingerprint density at radius 2 is 2.05 bits per heavy atom. The highest BCUT2D eigenvalue weighted by Crippen LogP contribution is 2.26. The van der Waals surface area contributed by atoms with Gasteiger partial charge in [0.15, 0.2) is 0 Å². The van der Waals surface area contributed by atoms with Crippen LogP contribution in [0.4, 0.5) is 0 Å². The minimum absolute atomic E-state index is 0.0528. The molecule has 0 saturated heterocycles. The lowest BCUT2D eigenvalue weighted by molar-refractivity contribution is -0.123. The quantitative estimate of drug-likeness (QED) is 0.760. The van der Waals surface area contributed by atoms with Crippen molar-refractivity contribution in [1.82, 2.24) is 10.6 Å². The third kappa shape index (κ3) is 5.29. The van der Waals surface area contributed by atoms with E-state index in [1.165, 1.54) is 0 Å². The zero-order valence-electron chi connectivity index (χ0n) is 11.9. The fourth-order valence-electron chi connectivity index (χ4n) is 1.82. The zero-order valence-corrected chi connectivity index (χ0v) is 13.4. The molecule has 0 aliphatic rings. The molecule has 0 bridgehead atoms. The predicted octanol–water partition coefficient (Wildman–Crippen LogP) is 2.80. The van der Waals surface area contributed by atoms with Gasteiger partial charge in [0.05, 0.1) is 12.6 Å². The van der Waals surface area contributed by atoms with Gasteiger partial charge in [0, 0.05) is 29.7 Å². The number of carbonyl (C=O) groups excluding carboxylic acids is 1. The third-order valence-electron chi connectivity index (χ3n) is 2.93. The maximum atomic E-state index is 11.8. The Morgan fingerprint density at radius 3 is 2.65 bits per heavy atom. The van der Waals surface area contributed by atoms with Crippen LogP contribution in [0.2, 0.25) is 10.0 Å². The molecule has 1 aromatic rings. The lowest BCUT2D eigenvalue weighted by Gasteiger charge is -2.21. The molecule has 1 amide bonds. The number of amides is 1. The van der Waals surface area contributed by atoms with Gasteiger partial charge in [-0.25, -0.2) is 0 Å². The van der Waals surface area contributed by atoms with Gasteiger partial charge >= 0.3 is 0 Å². The number of benzene rings is 1. The summed E-state index contributed by atoms with van der Waals surface area (Å²) in [7, 11) is 1.60. The first-order valence-electron chi connectivity index (χ1n) is 6.43. The molecule has 6 heteroatoms. The predicted molar refractivity (Wildman–Crippen MR) is 82.4 cm³/mol. The van der Waals surface area contributed by atoms with Crippen molar-refractivity contribution in [3.8, 4) is 0 Å². The van der Waals surface area contributed by atoms with Crippen LogP contribution in [-0.4, -0.2) is 32.2 Å². The molecule has 0 radical (unpaired) electrons. The summed E-state index contributed by atoms with van der Waals surface area (Å²) in [5, 5.41) is 7.17. The van der Waals surface area contributed by atoms with Gasteiger partial charge in [-0.05, 0) is 31.5 Å². The molecule has 20 heavy (non-hydrogen) atoms. The standard InChI is InChI=1S/C14H20Cl2N2O2/c1-9(12-5-4-11(15)8-13(12)16)18-10(2)14(19)17-6-7-20-3/h4-5,8-10,18H,6-7H2,1-3H3,(H,17,19). The Kier molecular flexibility index (Phi) is 7.30. The molecule has 112 valence electrons. The minimum atomic E-state index is -0.325.